The number of ether oxygens (including phenoxy) is 1. The van der Waals surface area contributed by atoms with Crippen LogP contribution in [-0.2, 0) is 0 Å². The summed E-state index contributed by atoms with van der Waals surface area (Å²) in [5.41, 5.74) is 0.373. The van der Waals surface area contributed by atoms with E-state index in [1.807, 2.05) is 0 Å². The quantitative estimate of drug-likeness (QED) is 0.694. The van der Waals surface area contributed by atoms with E-state index in [1.54, 1.807) is 0 Å². The van der Waals surface area contributed by atoms with E-state index < -0.39 is 0 Å². The summed E-state index contributed by atoms with van der Waals surface area (Å²) in [6, 6.07) is 2.98. The van der Waals surface area contributed by atoms with Gasteiger partial charge in [-0.05, 0) is 12.1 Å². The second-order valence-electron chi connectivity index (χ2n) is 2.13. The van der Waals surface area contributed by atoms with E-state index in [1.165, 1.54) is 19.2 Å². The summed E-state index contributed by atoms with van der Waals surface area (Å²) in [5.74, 6) is 0.447. The van der Waals surface area contributed by atoms with E-state index in [-0.39, 0.29) is 0 Å². The van der Waals surface area contributed by atoms with Crippen LogP contribution in [0.25, 0.3) is 0 Å². The summed E-state index contributed by atoms with van der Waals surface area (Å²) in [4.78, 5) is 10.4. The van der Waals surface area contributed by atoms with Gasteiger partial charge in [0, 0.05) is 5.56 Å². The Bertz CT molecular complexity index is 310. The molecule has 0 spiro atoms. The Morgan fingerprint density at radius 2 is 2.00 bits per heavy atom. The second-order valence-corrected chi connectivity index (χ2v) is 2.94. The standard InChI is InChI=1S/C8H6Cl2O2/c1-12-8-2-5(4-11)6(9)3-7(8)10/h2-4H,1H3. The molecule has 1 aromatic rings. The Labute approximate surface area is 80.0 Å². The highest BCUT2D eigenvalue weighted by molar-refractivity contribution is 6.36. The molecule has 1 aromatic carbocycles. The molecular weight excluding hydrogens is 199 g/mol. The molecule has 0 aromatic heterocycles. The summed E-state index contributed by atoms with van der Waals surface area (Å²) in [6.07, 6.45) is 0.654. The zero-order chi connectivity index (χ0) is 9.14. The molecule has 0 fully saturated rings. The highest BCUT2D eigenvalue weighted by Gasteiger charge is 2.06. The fourth-order valence-corrected chi connectivity index (χ4v) is 1.30. The highest BCUT2D eigenvalue weighted by atomic mass is 35.5. The van der Waals surface area contributed by atoms with Crippen LogP contribution in [0.1, 0.15) is 10.4 Å². The van der Waals surface area contributed by atoms with Gasteiger partial charge < -0.3 is 4.74 Å². The molecule has 0 aliphatic heterocycles. The minimum Gasteiger partial charge on any atom is -0.495 e. The van der Waals surface area contributed by atoms with Crippen molar-refractivity contribution in [2.75, 3.05) is 7.11 Å². The van der Waals surface area contributed by atoms with E-state index in [4.69, 9.17) is 27.9 Å². The molecule has 1 rings (SSSR count). The fourth-order valence-electron chi connectivity index (χ4n) is 0.792. The maximum absolute atomic E-state index is 10.4. The molecule has 64 valence electrons. The maximum atomic E-state index is 10.4. The monoisotopic (exact) mass is 204 g/mol. The molecule has 0 saturated heterocycles. The average Bonchev–Trinajstić information content (AvgIpc) is 2.05. The van der Waals surface area contributed by atoms with Crippen molar-refractivity contribution in [3.8, 4) is 5.75 Å². The Kier molecular flexibility index (Phi) is 2.95. The number of hydrogen-bond acceptors (Lipinski definition) is 2. The van der Waals surface area contributed by atoms with Gasteiger partial charge in [-0.1, -0.05) is 23.2 Å². The fraction of sp³-hybridized carbons (Fsp3) is 0.125. The summed E-state index contributed by atoms with van der Waals surface area (Å²) in [7, 11) is 1.48. The zero-order valence-electron chi connectivity index (χ0n) is 6.30. The Morgan fingerprint density at radius 3 is 2.50 bits per heavy atom. The van der Waals surface area contributed by atoms with Gasteiger partial charge in [-0.2, -0.15) is 0 Å². The van der Waals surface area contributed by atoms with Crippen molar-refractivity contribution in [2.24, 2.45) is 0 Å². The van der Waals surface area contributed by atoms with Gasteiger partial charge in [0.2, 0.25) is 0 Å². The molecule has 0 aliphatic carbocycles. The van der Waals surface area contributed by atoms with Crippen molar-refractivity contribution < 1.29 is 9.53 Å². The first-order valence-corrected chi connectivity index (χ1v) is 3.93. The molecular formula is C8H6Cl2O2. The van der Waals surface area contributed by atoms with Crippen LogP contribution in [0.2, 0.25) is 10.0 Å². The zero-order valence-corrected chi connectivity index (χ0v) is 7.82. The smallest absolute Gasteiger partial charge is 0.151 e. The van der Waals surface area contributed by atoms with Gasteiger partial charge in [0.15, 0.2) is 6.29 Å². The van der Waals surface area contributed by atoms with Crippen LogP contribution in [-0.4, -0.2) is 13.4 Å². The molecule has 0 aliphatic rings. The predicted octanol–water partition coefficient (Wildman–Crippen LogP) is 2.81. The number of methoxy groups -OCH3 is 1. The summed E-state index contributed by atoms with van der Waals surface area (Å²) in [5, 5.41) is 0.726. The van der Waals surface area contributed by atoms with Gasteiger partial charge in [-0.3, -0.25) is 4.79 Å². The summed E-state index contributed by atoms with van der Waals surface area (Å²) in [6.45, 7) is 0. The molecule has 0 radical (unpaired) electrons. The third kappa shape index (κ3) is 1.71. The maximum Gasteiger partial charge on any atom is 0.151 e. The Morgan fingerprint density at radius 1 is 1.33 bits per heavy atom. The number of carbonyl (C=O) groups is 1. The van der Waals surface area contributed by atoms with E-state index in [9.17, 15) is 4.79 Å². The van der Waals surface area contributed by atoms with Crippen molar-refractivity contribution in [3.05, 3.63) is 27.7 Å². The van der Waals surface area contributed by atoms with Gasteiger partial charge in [-0.15, -0.1) is 0 Å². The van der Waals surface area contributed by atoms with E-state index in [2.05, 4.69) is 0 Å². The number of carbonyl (C=O) groups excluding carboxylic acids is 1. The second kappa shape index (κ2) is 3.78. The molecule has 0 unspecified atom stereocenters. The number of halogens is 2. The van der Waals surface area contributed by atoms with Crippen LogP contribution >= 0.6 is 23.2 Å². The summed E-state index contributed by atoms with van der Waals surface area (Å²) < 4.78 is 4.89. The lowest BCUT2D eigenvalue weighted by Crippen LogP contribution is -1.88. The van der Waals surface area contributed by atoms with E-state index >= 15 is 0 Å². The van der Waals surface area contributed by atoms with Crippen LogP contribution in [0.4, 0.5) is 0 Å². The molecule has 0 saturated carbocycles. The normalized spacial score (nSPS) is 9.58. The minimum atomic E-state index is 0.329. The van der Waals surface area contributed by atoms with Crippen molar-refractivity contribution in [1.29, 1.82) is 0 Å². The first-order chi connectivity index (χ1) is 5.69. The molecule has 12 heavy (non-hydrogen) atoms. The largest absolute Gasteiger partial charge is 0.495 e. The minimum absolute atomic E-state index is 0.329. The van der Waals surface area contributed by atoms with Crippen molar-refractivity contribution >= 4 is 29.5 Å². The molecule has 0 heterocycles. The topological polar surface area (TPSA) is 26.3 Å². The summed E-state index contributed by atoms with van der Waals surface area (Å²) >= 11 is 11.4. The molecule has 0 atom stereocenters. The van der Waals surface area contributed by atoms with E-state index in [0.29, 0.717) is 27.6 Å². The third-order valence-electron chi connectivity index (χ3n) is 1.40. The molecule has 0 N–H and O–H groups in total. The Balaban J connectivity index is 3.26. The number of aldehydes is 1. The molecule has 2 nitrogen and oxygen atoms in total. The van der Waals surface area contributed by atoms with Crippen molar-refractivity contribution in [1.82, 2.24) is 0 Å². The van der Waals surface area contributed by atoms with Crippen LogP contribution in [0, 0.1) is 0 Å². The highest BCUT2D eigenvalue weighted by Crippen LogP contribution is 2.29. The predicted molar refractivity (Wildman–Crippen MR) is 48.4 cm³/mol. The number of hydrogen-bond donors (Lipinski definition) is 0. The molecule has 4 heteroatoms. The lowest BCUT2D eigenvalue weighted by Gasteiger charge is -2.04. The van der Waals surface area contributed by atoms with Gasteiger partial charge >= 0.3 is 0 Å². The van der Waals surface area contributed by atoms with Crippen LogP contribution in [0.3, 0.4) is 0 Å². The van der Waals surface area contributed by atoms with Gasteiger partial charge in [-0.25, -0.2) is 0 Å². The van der Waals surface area contributed by atoms with Crippen molar-refractivity contribution in [3.63, 3.8) is 0 Å². The van der Waals surface area contributed by atoms with Crippen molar-refractivity contribution in [2.45, 2.75) is 0 Å². The molecule has 0 amide bonds. The van der Waals surface area contributed by atoms with Gasteiger partial charge in [0.1, 0.15) is 5.75 Å². The van der Waals surface area contributed by atoms with Crippen LogP contribution in [0.5, 0.6) is 5.75 Å². The Hall–Kier alpha value is -0.730. The van der Waals surface area contributed by atoms with Gasteiger partial charge in [0.25, 0.3) is 0 Å². The third-order valence-corrected chi connectivity index (χ3v) is 2.02. The van der Waals surface area contributed by atoms with Gasteiger partial charge in [0.05, 0.1) is 17.2 Å². The lowest BCUT2D eigenvalue weighted by molar-refractivity contribution is 0.112. The first-order valence-electron chi connectivity index (χ1n) is 3.17. The number of benzene rings is 1. The molecule has 0 bridgehead atoms. The van der Waals surface area contributed by atoms with Crippen LogP contribution < -0.4 is 4.74 Å². The average molecular weight is 205 g/mol. The SMILES string of the molecule is COc1cc(C=O)c(Cl)cc1Cl. The number of rotatable bonds is 2. The first kappa shape index (κ1) is 9.36. The lowest BCUT2D eigenvalue weighted by atomic mass is 10.2. The van der Waals surface area contributed by atoms with E-state index in [0.717, 1.165) is 0 Å². The van der Waals surface area contributed by atoms with Crippen LogP contribution in [0.15, 0.2) is 12.1 Å².